The summed E-state index contributed by atoms with van der Waals surface area (Å²) in [5.41, 5.74) is 7.35. The van der Waals surface area contributed by atoms with Crippen LogP contribution in [0.4, 0.5) is 10.1 Å². The van der Waals surface area contributed by atoms with E-state index >= 15 is 0 Å². The first kappa shape index (κ1) is 14.5. The van der Waals surface area contributed by atoms with Crippen molar-refractivity contribution >= 4 is 27.5 Å². The van der Waals surface area contributed by atoms with Crippen molar-refractivity contribution in [1.82, 2.24) is 5.32 Å². The molecule has 0 bridgehead atoms. The summed E-state index contributed by atoms with van der Waals surface area (Å²) in [7, 11) is 0. The van der Waals surface area contributed by atoms with Gasteiger partial charge in [0.2, 0.25) is 0 Å². The van der Waals surface area contributed by atoms with Crippen molar-refractivity contribution in [3.8, 4) is 0 Å². The van der Waals surface area contributed by atoms with E-state index in [4.69, 9.17) is 5.73 Å². The maximum absolute atomic E-state index is 13.2. The third kappa shape index (κ3) is 3.36. The van der Waals surface area contributed by atoms with Crippen LogP contribution in [0.1, 0.15) is 28.9 Å². The first-order chi connectivity index (χ1) is 9.47. The Hall–Kier alpha value is -1.88. The van der Waals surface area contributed by atoms with Crippen molar-refractivity contribution in [2.75, 3.05) is 5.73 Å². The van der Waals surface area contributed by atoms with Crippen molar-refractivity contribution in [1.29, 1.82) is 0 Å². The lowest BCUT2D eigenvalue weighted by Crippen LogP contribution is -2.27. The van der Waals surface area contributed by atoms with Gasteiger partial charge in [0.15, 0.2) is 0 Å². The lowest BCUT2D eigenvalue weighted by atomic mass is 10.1. The Morgan fingerprint density at radius 3 is 2.75 bits per heavy atom. The van der Waals surface area contributed by atoms with Gasteiger partial charge in [0.1, 0.15) is 5.82 Å². The van der Waals surface area contributed by atoms with E-state index < -0.39 is 0 Å². The number of nitrogen functional groups attached to an aromatic ring is 1. The number of carbonyl (C=O) groups excluding carboxylic acids is 1. The van der Waals surface area contributed by atoms with Crippen LogP contribution in [0, 0.1) is 5.82 Å². The minimum atomic E-state index is -0.325. The maximum Gasteiger partial charge on any atom is 0.252 e. The summed E-state index contributed by atoms with van der Waals surface area (Å²) in [5, 5.41) is 2.82. The molecule has 0 saturated carbocycles. The fourth-order valence-corrected chi connectivity index (χ4v) is 2.28. The number of nitrogens with two attached hydrogens (primary N) is 1. The number of benzene rings is 2. The first-order valence-electron chi connectivity index (χ1n) is 6.08. The SMILES string of the molecule is C[C@@H](NC(=O)c1cc(N)ccc1Br)c1cccc(F)c1. The minimum absolute atomic E-state index is 0.263. The van der Waals surface area contributed by atoms with Crippen molar-refractivity contribution in [2.24, 2.45) is 0 Å². The molecule has 0 aromatic heterocycles. The van der Waals surface area contributed by atoms with Crippen LogP contribution >= 0.6 is 15.9 Å². The van der Waals surface area contributed by atoms with Crippen molar-refractivity contribution < 1.29 is 9.18 Å². The predicted octanol–water partition coefficient (Wildman–Crippen LogP) is 3.66. The standard InChI is InChI=1S/C15H14BrFN2O/c1-9(10-3-2-4-11(17)7-10)19-15(20)13-8-12(18)5-6-14(13)16/h2-9H,18H2,1H3,(H,19,20)/t9-/m1/s1. The van der Waals surface area contributed by atoms with Crippen LogP contribution in [0.2, 0.25) is 0 Å². The van der Waals surface area contributed by atoms with E-state index in [1.165, 1.54) is 12.1 Å². The van der Waals surface area contributed by atoms with Gasteiger partial charge in [0, 0.05) is 10.2 Å². The van der Waals surface area contributed by atoms with Gasteiger partial charge in [-0.15, -0.1) is 0 Å². The number of amides is 1. The summed E-state index contributed by atoms with van der Waals surface area (Å²) in [4.78, 5) is 12.2. The number of anilines is 1. The van der Waals surface area contributed by atoms with Crippen LogP contribution < -0.4 is 11.1 Å². The largest absolute Gasteiger partial charge is 0.399 e. The van der Waals surface area contributed by atoms with Crippen LogP contribution in [0.15, 0.2) is 46.9 Å². The van der Waals surface area contributed by atoms with Crippen LogP contribution in [-0.4, -0.2) is 5.91 Å². The summed E-state index contributed by atoms with van der Waals surface area (Å²) in [6, 6.07) is 10.9. The molecule has 2 rings (SSSR count). The third-order valence-corrected chi connectivity index (χ3v) is 3.62. The zero-order valence-electron chi connectivity index (χ0n) is 10.9. The molecule has 2 aromatic rings. The molecule has 0 unspecified atom stereocenters. The average molecular weight is 337 g/mol. The highest BCUT2D eigenvalue weighted by Gasteiger charge is 2.14. The highest BCUT2D eigenvalue weighted by atomic mass is 79.9. The van der Waals surface area contributed by atoms with E-state index in [1.54, 1.807) is 37.3 Å². The molecule has 104 valence electrons. The molecule has 2 aromatic carbocycles. The van der Waals surface area contributed by atoms with E-state index in [9.17, 15) is 9.18 Å². The van der Waals surface area contributed by atoms with E-state index in [0.717, 1.165) is 0 Å². The van der Waals surface area contributed by atoms with Crippen molar-refractivity contribution in [2.45, 2.75) is 13.0 Å². The quantitative estimate of drug-likeness (QED) is 0.840. The zero-order chi connectivity index (χ0) is 14.7. The lowest BCUT2D eigenvalue weighted by molar-refractivity contribution is 0.0939. The summed E-state index contributed by atoms with van der Waals surface area (Å²) >= 11 is 3.31. The second-order valence-electron chi connectivity index (χ2n) is 4.49. The van der Waals surface area contributed by atoms with E-state index in [2.05, 4.69) is 21.2 Å². The summed E-state index contributed by atoms with van der Waals surface area (Å²) in [6.45, 7) is 1.80. The highest BCUT2D eigenvalue weighted by molar-refractivity contribution is 9.10. The van der Waals surface area contributed by atoms with Crippen molar-refractivity contribution in [3.63, 3.8) is 0 Å². The van der Waals surface area contributed by atoms with Crippen LogP contribution in [0.5, 0.6) is 0 Å². The number of halogens is 2. The topological polar surface area (TPSA) is 55.1 Å². The molecule has 0 heterocycles. The number of nitrogens with one attached hydrogen (secondary N) is 1. The third-order valence-electron chi connectivity index (χ3n) is 2.93. The summed E-state index contributed by atoms with van der Waals surface area (Å²) in [5.74, 6) is -0.588. The maximum atomic E-state index is 13.2. The Morgan fingerprint density at radius 2 is 2.05 bits per heavy atom. The smallest absolute Gasteiger partial charge is 0.252 e. The molecular formula is C15H14BrFN2O. The van der Waals surface area contributed by atoms with Gasteiger partial charge in [-0.05, 0) is 58.7 Å². The molecule has 0 aliphatic carbocycles. The van der Waals surface area contributed by atoms with E-state index in [-0.39, 0.29) is 17.8 Å². The molecule has 0 aliphatic heterocycles. The molecule has 0 aliphatic rings. The second kappa shape index (κ2) is 6.05. The first-order valence-corrected chi connectivity index (χ1v) is 6.88. The molecule has 3 nitrogen and oxygen atoms in total. The Bertz CT molecular complexity index is 646. The van der Waals surface area contributed by atoms with Gasteiger partial charge in [-0.25, -0.2) is 4.39 Å². The minimum Gasteiger partial charge on any atom is -0.399 e. The van der Waals surface area contributed by atoms with Gasteiger partial charge in [-0.3, -0.25) is 4.79 Å². The second-order valence-corrected chi connectivity index (χ2v) is 5.34. The van der Waals surface area contributed by atoms with Crippen LogP contribution in [-0.2, 0) is 0 Å². The van der Waals surface area contributed by atoms with Crippen LogP contribution in [0.3, 0.4) is 0 Å². The lowest BCUT2D eigenvalue weighted by Gasteiger charge is -2.15. The van der Waals surface area contributed by atoms with E-state index in [1.807, 2.05) is 0 Å². The zero-order valence-corrected chi connectivity index (χ0v) is 12.4. The Morgan fingerprint density at radius 1 is 1.30 bits per heavy atom. The molecule has 5 heteroatoms. The predicted molar refractivity (Wildman–Crippen MR) is 80.8 cm³/mol. The number of carbonyl (C=O) groups is 1. The van der Waals surface area contributed by atoms with Gasteiger partial charge < -0.3 is 11.1 Å². The Labute approximate surface area is 125 Å². The molecule has 0 saturated heterocycles. The van der Waals surface area contributed by atoms with Crippen molar-refractivity contribution in [3.05, 3.63) is 63.9 Å². The normalized spacial score (nSPS) is 11.9. The molecule has 0 fully saturated rings. The molecule has 1 atom stereocenters. The van der Waals surface area contributed by atoms with Gasteiger partial charge in [0.05, 0.1) is 11.6 Å². The fraction of sp³-hybridized carbons (Fsp3) is 0.133. The van der Waals surface area contributed by atoms with Gasteiger partial charge in [0.25, 0.3) is 5.91 Å². The average Bonchev–Trinajstić information content (AvgIpc) is 2.41. The molecule has 3 N–H and O–H groups in total. The van der Waals surface area contributed by atoms with Gasteiger partial charge >= 0.3 is 0 Å². The Kier molecular flexibility index (Phi) is 4.39. The molecular weight excluding hydrogens is 323 g/mol. The summed E-state index contributed by atoms with van der Waals surface area (Å²) in [6.07, 6.45) is 0. The molecule has 0 radical (unpaired) electrons. The number of hydrogen-bond acceptors (Lipinski definition) is 2. The fourth-order valence-electron chi connectivity index (χ4n) is 1.85. The molecule has 20 heavy (non-hydrogen) atoms. The van der Waals surface area contributed by atoms with Crippen LogP contribution in [0.25, 0.3) is 0 Å². The summed E-state index contributed by atoms with van der Waals surface area (Å²) < 4.78 is 13.8. The molecule has 1 amide bonds. The molecule has 0 spiro atoms. The van der Waals surface area contributed by atoms with Gasteiger partial charge in [-0.1, -0.05) is 12.1 Å². The van der Waals surface area contributed by atoms with E-state index in [0.29, 0.717) is 21.3 Å². The Balaban J connectivity index is 2.17. The van der Waals surface area contributed by atoms with Gasteiger partial charge in [-0.2, -0.15) is 0 Å². The number of hydrogen-bond donors (Lipinski definition) is 2. The number of rotatable bonds is 3. The highest BCUT2D eigenvalue weighted by Crippen LogP contribution is 2.21. The monoisotopic (exact) mass is 336 g/mol.